The van der Waals surface area contributed by atoms with E-state index in [0.717, 1.165) is 17.2 Å². The number of anilines is 1. The van der Waals surface area contributed by atoms with E-state index in [9.17, 15) is 4.39 Å². The van der Waals surface area contributed by atoms with E-state index in [0.29, 0.717) is 6.54 Å². The fraction of sp³-hybridized carbons (Fsp3) is 0.182. The van der Waals surface area contributed by atoms with E-state index < -0.39 is 0 Å². The minimum atomic E-state index is -0.224. The summed E-state index contributed by atoms with van der Waals surface area (Å²) >= 11 is 0. The summed E-state index contributed by atoms with van der Waals surface area (Å²) in [4.78, 5) is 7.20. The maximum Gasteiger partial charge on any atom is 0.123 e. The van der Waals surface area contributed by atoms with Gasteiger partial charge in [0.2, 0.25) is 0 Å². The molecule has 15 heavy (non-hydrogen) atoms. The van der Waals surface area contributed by atoms with Gasteiger partial charge in [0.05, 0.1) is 18.4 Å². The van der Waals surface area contributed by atoms with Gasteiger partial charge in [-0.1, -0.05) is 0 Å². The van der Waals surface area contributed by atoms with Gasteiger partial charge >= 0.3 is 0 Å². The van der Waals surface area contributed by atoms with Gasteiger partial charge in [-0.3, -0.25) is 0 Å². The molecule has 0 radical (unpaired) electrons. The quantitative estimate of drug-likeness (QED) is 0.808. The molecule has 0 spiro atoms. The third-order valence-electron chi connectivity index (χ3n) is 2.08. The summed E-state index contributed by atoms with van der Waals surface area (Å²) in [5.74, 6) is 0.670. The molecule has 0 bridgehead atoms. The van der Waals surface area contributed by atoms with Crippen LogP contribution in [-0.2, 0) is 6.54 Å². The predicted octanol–water partition coefficient (Wildman–Crippen LogP) is 2.47. The van der Waals surface area contributed by atoms with Gasteiger partial charge in [0.25, 0.3) is 0 Å². The number of halogens is 1. The number of hydrogen-bond acceptors (Lipinski definition) is 2. The van der Waals surface area contributed by atoms with Gasteiger partial charge in [-0.25, -0.2) is 9.37 Å². The molecule has 2 N–H and O–H groups in total. The number of aromatic nitrogens is 2. The second-order valence-electron chi connectivity index (χ2n) is 3.35. The van der Waals surface area contributed by atoms with Gasteiger partial charge in [0.15, 0.2) is 0 Å². The molecule has 0 unspecified atom stereocenters. The first-order chi connectivity index (χ1) is 7.24. The Bertz CT molecular complexity index is 433. The Morgan fingerprint density at radius 1 is 1.33 bits per heavy atom. The summed E-state index contributed by atoms with van der Waals surface area (Å²) in [6.07, 6.45) is 1.78. The van der Waals surface area contributed by atoms with Crippen LogP contribution in [0.5, 0.6) is 0 Å². The zero-order chi connectivity index (χ0) is 10.7. The highest BCUT2D eigenvalue weighted by Gasteiger charge is 1.97. The molecule has 1 aromatic carbocycles. The fourth-order valence-electron chi connectivity index (χ4n) is 1.33. The van der Waals surface area contributed by atoms with Gasteiger partial charge in [-0.15, -0.1) is 0 Å². The number of aromatic amines is 1. The molecule has 4 heteroatoms. The Kier molecular flexibility index (Phi) is 2.67. The van der Waals surface area contributed by atoms with Crippen LogP contribution in [-0.4, -0.2) is 9.97 Å². The smallest absolute Gasteiger partial charge is 0.123 e. The largest absolute Gasteiger partial charge is 0.379 e. The third kappa shape index (κ3) is 2.56. The summed E-state index contributed by atoms with van der Waals surface area (Å²) in [5.41, 5.74) is 1.90. The molecule has 1 aromatic heterocycles. The lowest BCUT2D eigenvalue weighted by Gasteiger charge is -2.03. The molecular weight excluding hydrogens is 193 g/mol. The van der Waals surface area contributed by atoms with Crippen LogP contribution in [0.25, 0.3) is 0 Å². The summed E-state index contributed by atoms with van der Waals surface area (Å²) < 4.78 is 12.6. The summed E-state index contributed by atoms with van der Waals surface area (Å²) in [6.45, 7) is 2.56. The molecule has 0 aliphatic rings. The van der Waals surface area contributed by atoms with Crippen LogP contribution in [0.1, 0.15) is 11.5 Å². The predicted molar refractivity (Wildman–Crippen MR) is 57.1 cm³/mol. The minimum absolute atomic E-state index is 0.224. The molecule has 0 fully saturated rings. The zero-order valence-electron chi connectivity index (χ0n) is 8.42. The Balaban J connectivity index is 1.96. The molecule has 0 amide bonds. The molecule has 3 nitrogen and oxygen atoms in total. The van der Waals surface area contributed by atoms with Crippen LogP contribution in [0.2, 0.25) is 0 Å². The second kappa shape index (κ2) is 4.13. The molecule has 0 atom stereocenters. The molecule has 0 saturated carbocycles. The molecule has 1 heterocycles. The van der Waals surface area contributed by atoms with E-state index in [4.69, 9.17) is 0 Å². The van der Waals surface area contributed by atoms with Gasteiger partial charge in [0.1, 0.15) is 11.6 Å². The molecule has 2 aromatic rings. The van der Waals surface area contributed by atoms with Crippen molar-refractivity contribution < 1.29 is 4.39 Å². The van der Waals surface area contributed by atoms with Crippen molar-refractivity contribution in [3.8, 4) is 0 Å². The van der Waals surface area contributed by atoms with Crippen molar-refractivity contribution in [2.24, 2.45) is 0 Å². The van der Waals surface area contributed by atoms with E-state index in [2.05, 4.69) is 15.3 Å². The maximum absolute atomic E-state index is 12.6. The monoisotopic (exact) mass is 205 g/mol. The minimum Gasteiger partial charge on any atom is -0.379 e. The van der Waals surface area contributed by atoms with Crippen molar-refractivity contribution >= 4 is 5.69 Å². The van der Waals surface area contributed by atoms with Crippen molar-refractivity contribution in [3.05, 3.63) is 47.8 Å². The van der Waals surface area contributed by atoms with Crippen molar-refractivity contribution in [2.45, 2.75) is 13.5 Å². The van der Waals surface area contributed by atoms with Crippen LogP contribution in [0.15, 0.2) is 30.5 Å². The van der Waals surface area contributed by atoms with Crippen molar-refractivity contribution in [2.75, 3.05) is 5.32 Å². The molecule has 78 valence electrons. The third-order valence-corrected chi connectivity index (χ3v) is 2.08. The summed E-state index contributed by atoms with van der Waals surface area (Å²) in [7, 11) is 0. The average Bonchev–Trinajstić information content (AvgIpc) is 2.64. The number of benzene rings is 1. The second-order valence-corrected chi connectivity index (χ2v) is 3.35. The highest BCUT2D eigenvalue weighted by molar-refractivity contribution is 5.42. The number of aryl methyl sites for hydroxylation is 1. The van der Waals surface area contributed by atoms with Crippen LogP contribution < -0.4 is 5.32 Å². The van der Waals surface area contributed by atoms with Crippen LogP contribution in [0.4, 0.5) is 10.1 Å². The van der Waals surface area contributed by atoms with E-state index in [-0.39, 0.29) is 5.82 Å². The molecule has 0 aliphatic carbocycles. The fourth-order valence-corrected chi connectivity index (χ4v) is 1.33. The zero-order valence-corrected chi connectivity index (χ0v) is 8.42. The van der Waals surface area contributed by atoms with Gasteiger partial charge < -0.3 is 10.3 Å². The van der Waals surface area contributed by atoms with Gasteiger partial charge in [0, 0.05) is 5.69 Å². The van der Waals surface area contributed by atoms with E-state index in [1.165, 1.54) is 12.1 Å². The Morgan fingerprint density at radius 3 is 2.67 bits per heavy atom. The SMILES string of the molecule is Cc1ncc(CNc2ccc(F)cc2)[nH]1. The maximum atomic E-state index is 12.6. The lowest BCUT2D eigenvalue weighted by atomic mass is 10.3. The molecule has 2 rings (SSSR count). The number of nitrogens with zero attached hydrogens (tertiary/aromatic N) is 1. The van der Waals surface area contributed by atoms with E-state index in [1.807, 2.05) is 6.92 Å². The Labute approximate surface area is 87.4 Å². The van der Waals surface area contributed by atoms with Gasteiger partial charge in [-0.05, 0) is 31.2 Å². The Hall–Kier alpha value is -1.84. The lowest BCUT2D eigenvalue weighted by Crippen LogP contribution is -1.99. The first-order valence-corrected chi connectivity index (χ1v) is 4.74. The molecular formula is C11H12FN3. The first-order valence-electron chi connectivity index (χ1n) is 4.74. The molecule has 0 aliphatic heterocycles. The van der Waals surface area contributed by atoms with E-state index in [1.54, 1.807) is 18.3 Å². The first kappa shape index (κ1) is 9.71. The number of H-pyrrole nitrogens is 1. The number of imidazole rings is 1. The standard InChI is InChI=1S/C11H12FN3/c1-8-13-6-11(15-8)7-14-10-4-2-9(12)3-5-10/h2-6,14H,7H2,1H3,(H,13,15). The lowest BCUT2D eigenvalue weighted by molar-refractivity contribution is 0.628. The Morgan fingerprint density at radius 2 is 2.07 bits per heavy atom. The van der Waals surface area contributed by atoms with Crippen molar-refractivity contribution in [1.82, 2.24) is 9.97 Å². The van der Waals surface area contributed by atoms with Crippen LogP contribution in [0.3, 0.4) is 0 Å². The number of hydrogen-bond donors (Lipinski definition) is 2. The van der Waals surface area contributed by atoms with Gasteiger partial charge in [-0.2, -0.15) is 0 Å². The molecule has 0 saturated heterocycles. The summed E-state index contributed by atoms with van der Waals surface area (Å²) in [5, 5.41) is 3.16. The topological polar surface area (TPSA) is 40.7 Å². The van der Waals surface area contributed by atoms with Crippen LogP contribution in [0, 0.1) is 12.7 Å². The van der Waals surface area contributed by atoms with Crippen LogP contribution >= 0.6 is 0 Å². The number of rotatable bonds is 3. The summed E-state index contributed by atoms with van der Waals surface area (Å²) in [6, 6.07) is 6.28. The number of nitrogens with one attached hydrogen (secondary N) is 2. The highest BCUT2D eigenvalue weighted by atomic mass is 19.1. The van der Waals surface area contributed by atoms with Crippen molar-refractivity contribution in [1.29, 1.82) is 0 Å². The van der Waals surface area contributed by atoms with Crippen molar-refractivity contribution in [3.63, 3.8) is 0 Å². The normalized spacial score (nSPS) is 10.3. The van der Waals surface area contributed by atoms with E-state index >= 15 is 0 Å². The highest BCUT2D eigenvalue weighted by Crippen LogP contribution is 2.09. The average molecular weight is 205 g/mol.